The highest BCUT2D eigenvalue weighted by atomic mass is 16.5. The van der Waals surface area contributed by atoms with Crippen molar-refractivity contribution in [3.8, 4) is 11.5 Å². The zero-order chi connectivity index (χ0) is 16.1. The van der Waals surface area contributed by atoms with Crippen molar-refractivity contribution in [2.45, 2.75) is 25.4 Å². The van der Waals surface area contributed by atoms with Crippen molar-refractivity contribution in [2.75, 3.05) is 26.2 Å². The third kappa shape index (κ3) is 3.80. The molecule has 0 unspecified atom stereocenters. The minimum absolute atomic E-state index is 0.119. The molecule has 2 aromatic heterocycles. The third-order valence-corrected chi connectivity index (χ3v) is 3.92. The Morgan fingerprint density at radius 3 is 2.91 bits per heavy atom. The number of hydrogen-bond donors (Lipinski definition) is 1. The Morgan fingerprint density at radius 2 is 2.22 bits per heavy atom. The van der Waals surface area contributed by atoms with Crippen molar-refractivity contribution in [3.05, 3.63) is 30.2 Å². The minimum Gasteiger partial charge on any atom is -0.461 e. The van der Waals surface area contributed by atoms with Gasteiger partial charge in [-0.25, -0.2) is 0 Å². The molecule has 124 valence electrons. The topological polar surface area (TPSA) is 94.7 Å². The highest BCUT2D eigenvalue weighted by molar-refractivity contribution is 5.93. The number of nitrogens with two attached hydrogens (primary N) is 1. The first-order valence-electron chi connectivity index (χ1n) is 7.89. The highest BCUT2D eigenvalue weighted by Crippen LogP contribution is 2.22. The number of amides is 1. The first-order chi connectivity index (χ1) is 11.3. The Labute approximate surface area is 134 Å². The summed E-state index contributed by atoms with van der Waals surface area (Å²) in [5, 5.41) is 3.86. The van der Waals surface area contributed by atoms with Crippen LogP contribution in [-0.4, -0.2) is 48.3 Å². The number of hydrogen-bond acceptors (Lipinski definition) is 6. The van der Waals surface area contributed by atoms with Crippen LogP contribution in [0.3, 0.4) is 0 Å². The molecule has 0 bridgehead atoms. The van der Waals surface area contributed by atoms with E-state index in [1.807, 2.05) is 0 Å². The lowest BCUT2D eigenvalue weighted by molar-refractivity contribution is 0.00820. The number of aromatic nitrogens is 1. The molecule has 2 N–H and O–H groups in total. The molecule has 7 heteroatoms. The number of likely N-dealkylation sites (tertiary alicyclic amines) is 1. The summed E-state index contributed by atoms with van der Waals surface area (Å²) < 4.78 is 16.2. The Balaban J connectivity index is 1.53. The van der Waals surface area contributed by atoms with Gasteiger partial charge in [-0.1, -0.05) is 5.16 Å². The second-order valence-corrected chi connectivity index (χ2v) is 5.56. The van der Waals surface area contributed by atoms with Gasteiger partial charge in [-0.15, -0.1) is 0 Å². The Kier molecular flexibility index (Phi) is 5.09. The van der Waals surface area contributed by atoms with E-state index in [1.165, 1.54) is 0 Å². The van der Waals surface area contributed by atoms with Gasteiger partial charge in [0.25, 0.3) is 5.91 Å². The van der Waals surface area contributed by atoms with Gasteiger partial charge >= 0.3 is 0 Å². The van der Waals surface area contributed by atoms with E-state index in [0.29, 0.717) is 43.5 Å². The van der Waals surface area contributed by atoms with Crippen LogP contribution in [0.4, 0.5) is 0 Å². The molecule has 3 rings (SSSR count). The molecule has 3 heterocycles. The van der Waals surface area contributed by atoms with Crippen LogP contribution in [0.15, 0.2) is 33.4 Å². The first-order valence-corrected chi connectivity index (χ1v) is 7.89. The lowest BCUT2D eigenvalue weighted by atomic mass is 10.1. The van der Waals surface area contributed by atoms with Crippen LogP contribution in [0, 0.1) is 0 Å². The highest BCUT2D eigenvalue weighted by Gasteiger charge is 2.26. The smallest absolute Gasteiger partial charge is 0.276 e. The summed E-state index contributed by atoms with van der Waals surface area (Å²) in [6, 6.07) is 5.14. The molecule has 1 amide bonds. The van der Waals surface area contributed by atoms with E-state index < -0.39 is 0 Å². The van der Waals surface area contributed by atoms with Crippen molar-refractivity contribution in [1.29, 1.82) is 0 Å². The molecule has 0 atom stereocenters. The Bertz CT molecular complexity index is 615. The molecule has 1 fully saturated rings. The first kappa shape index (κ1) is 15.8. The SMILES string of the molecule is NCCCOC1CCN(C(=O)c2cc(-c3ccco3)on2)CC1. The van der Waals surface area contributed by atoms with E-state index in [0.717, 1.165) is 19.3 Å². The Morgan fingerprint density at radius 1 is 1.39 bits per heavy atom. The van der Waals surface area contributed by atoms with E-state index in [2.05, 4.69) is 5.16 Å². The van der Waals surface area contributed by atoms with Gasteiger partial charge in [0, 0.05) is 25.8 Å². The van der Waals surface area contributed by atoms with Gasteiger partial charge in [-0.2, -0.15) is 0 Å². The van der Waals surface area contributed by atoms with Gasteiger partial charge in [-0.05, 0) is 37.9 Å². The van der Waals surface area contributed by atoms with Crippen molar-refractivity contribution in [2.24, 2.45) is 5.73 Å². The molecule has 1 saturated heterocycles. The molecule has 7 nitrogen and oxygen atoms in total. The van der Waals surface area contributed by atoms with Gasteiger partial charge in [-0.3, -0.25) is 4.79 Å². The number of carbonyl (C=O) groups is 1. The van der Waals surface area contributed by atoms with Crippen LogP contribution in [0.25, 0.3) is 11.5 Å². The van der Waals surface area contributed by atoms with Gasteiger partial charge in [0.05, 0.1) is 12.4 Å². The van der Waals surface area contributed by atoms with E-state index in [9.17, 15) is 4.79 Å². The van der Waals surface area contributed by atoms with E-state index in [-0.39, 0.29) is 12.0 Å². The van der Waals surface area contributed by atoms with Crippen LogP contribution in [0.5, 0.6) is 0 Å². The van der Waals surface area contributed by atoms with E-state index >= 15 is 0 Å². The summed E-state index contributed by atoms with van der Waals surface area (Å²) in [5.41, 5.74) is 5.76. The largest absolute Gasteiger partial charge is 0.461 e. The number of carbonyl (C=O) groups excluding carboxylic acids is 1. The van der Waals surface area contributed by atoms with E-state index in [4.69, 9.17) is 19.4 Å². The minimum atomic E-state index is -0.119. The fraction of sp³-hybridized carbons (Fsp3) is 0.500. The van der Waals surface area contributed by atoms with Crippen LogP contribution >= 0.6 is 0 Å². The zero-order valence-electron chi connectivity index (χ0n) is 12.9. The number of ether oxygens (including phenoxy) is 1. The predicted octanol–water partition coefficient (Wildman–Crippen LogP) is 1.90. The van der Waals surface area contributed by atoms with Gasteiger partial charge in [0.1, 0.15) is 0 Å². The summed E-state index contributed by atoms with van der Waals surface area (Å²) in [4.78, 5) is 14.2. The molecule has 2 aromatic rings. The summed E-state index contributed by atoms with van der Waals surface area (Å²) in [7, 11) is 0. The van der Waals surface area contributed by atoms with Crippen molar-refractivity contribution in [3.63, 3.8) is 0 Å². The average Bonchev–Trinajstić information content (AvgIpc) is 3.26. The fourth-order valence-electron chi connectivity index (χ4n) is 2.63. The molecule has 0 aromatic carbocycles. The van der Waals surface area contributed by atoms with Crippen LogP contribution in [0.2, 0.25) is 0 Å². The molecule has 0 aliphatic carbocycles. The number of nitrogens with zero attached hydrogens (tertiary/aromatic N) is 2. The molecule has 0 spiro atoms. The van der Waals surface area contributed by atoms with Crippen LogP contribution in [-0.2, 0) is 4.74 Å². The number of piperidine rings is 1. The fourth-order valence-corrected chi connectivity index (χ4v) is 2.63. The molecule has 0 saturated carbocycles. The summed E-state index contributed by atoms with van der Waals surface area (Å²) >= 11 is 0. The molecule has 23 heavy (non-hydrogen) atoms. The maximum atomic E-state index is 12.5. The molecular formula is C16H21N3O4. The van der Waals surface area contributed by atoms with Crippen molar-refractivity contribution in [1.82, 2.24) is 10.1 Å². The second kappa shape index (κ2) is 7.43. The quantitative estimate of drug-likeness (QED) is 0.817. The number of furan rings is 1. The number of rotatable bonds is 6. The predicted molar refractivity (Wildman–Crippen MR) is 82.8 cm³/mol. The standard InChI is InChI=1S/C16H21N3O4/c17-6-2-10-21-12-4-7-19(8-5-12)16(20)13-11-15(23-18-13)14-3-1-9-22-14/h1,3,9,11-12H,2,4-8,10,17H2. The lowest BCUT2D eigenvalue weighted by Gasteiger charge is -2.31. The van der Waals surface area contributed by atoms with Crippen LogP contribution < -0.4 is 5.73 Å². The summed E-state index contributed by atoms with van der Waals surface area (Å²) in [6.07, 6.45) is 4.29. The normalized spacial score (nSPS) is 16.0. The summed E-state index contributed by atoms with van der Waals surface area (Å²) in [6.45, 7) is 2.65. The Hall–Kier alpha value is -2.12. The van der Waals surface area contributed by atoms with Gasteiger partial charge in [0.2, 0.25) is 5.76 Å². The molecular weight excluding hydrogens is 298 g/mol. The van der Waals surface area contributed by atoms with Gasteiger partial charge in [0.15, 0.2) is 11.5 Å². The molecule has 0 radical (unpaired) electrons. The monoisotopic (exact) mass is 319 g/mol. The molecule has 1 aliphatic rings. The second-order valence-electron chi connectivity index (χ2n) is 5.56. The maximum absolute atomic E-state index is 12.5. The molecule has 1 aliphatic heterocycles. The van der Waals surface area contributed by atoms with Crippen molar-refractivity contribution >= 4 is 5.91 Å². The zero-order valence-corrected chi connectivity index (χ0v) is 12.9. The summed E-state index contributed by atoms with van der Waals surface area (Å²) in [5.74, 6) is 0.897. The lowest BCUT2D eigenvalue weighted by Crippen LogP contribution is -2.41. The van der Waals surface area contributed by atoms with E-state index in [1.54, 1.807) is 29.4 Å². The van der Waals surface area contributed by atoms with Crippen molar-refractivity contribution < 1.29 is 18.5 Å². The maximum Gasteiger partial charge on any atom is 0.276 e. The van der Waals surface area contributed by atoms with Gasteiger partial charge < -0.3 is 24.3 Å². The van der Waals surface area contributed by atoms with Crippen LogP contribution in [0.1, 0.15) is 29.8 Å². The third-order valence-electron chi connectivity index (χ3n) is 3.92. The average molecular weight is 319 g/mol.